The molecule has 0 spiro atoms. The van der Waals surface area contributed by atoms with E-state index in [9.17, 15) is 9.90 Å². The van der Waals surface area contributed by atoms with E-state index in [2.05, 4.69) is 40.3 Å². The van der Waals surface area contributed by atoms with Crippen molar-refractivity contribution in [3.63, 3.8) is 0 Å². The van der Waals surface area contributed by atoms with E-state index in [-0.39, 0.29) is 5.69 Å². The van der Waals surface area contributed by atoms with E-state index >= 15 is 0 Å². The van der Waals surface area contributed by atoms with Crippen molar-refractivity contribution in [2.75, 3.05) is 0 Å². The smallest absolute Gasteiger partial charge is 0.354 e. The molecule has 3 aromatic rings. The molecule has 0 aliphatic heterocycles. The fourth-order valence-electron chi connectivity index (χ4n) is 3.64. The van der Waals surface area contributed by atoms with E-state index in [4.69, 9.17) is 0 Å². The van der Waals surface area contributed by atoms with Crippen LogP contribution in [0.15, 0.2) is 36.5 Å². The molecule has 1 aliphatic carbocycles. The Morgan fingerprint density at radius 3 is 2.91 bits per heavy atom. The second-order valence-electron chi connectivity index (χ2n) is 6.24. The van der Waals surface area contributed by atoms with Gasteiger partial charge in [-0.15, -0.1) is 0 Å². The average Bonchev–Trinajstić information content (AvgIpc) is 2.94. The first kappa shape index (κ1) is 14.0. The second-order valence-corrected chi connectivity index (χ2v) is 6.24. The molecule has 1 aliphatic rings. The summed E-state index contributed by atoms with van der Waals surface area (Å²) in [6.07, 6.45) is 9.50. The number of pyridine rings is 1. The molecule has 0 radical (unpaired) electrons. The maximum Gasteiger partial charge on any atom is 0.354 e. The van der Waals surface area contributed by atoms with E-state index in [1.807, 2.05) is 6.92 Å². The molecule has 1 unspecified atom stereocenters. The third-order valence-corrected chi connectivity index (χ3v) is 4.85. The Morgan fingerprint density at radius 1 is 1.30 bits per heavy atom. The molecule has 0 bridgehead atoms. The Balaban J connectivity index is 1.95. The predicted molar refractivity (Wildman–Crippen MR) is 91.0 cm³/mol. The van der Waals surface area contributed by atoms with Gasteiger partial charge in [0.05, 0.1) is 11.7 Å². The van der Waals surface area contributed by atoms with E-state index in [1.165, 1.54) is 12.0 Å². The van der Waals surface area contributed by atoms with Gasteiger partial charge >= 0.3 is 5.97 Å². The van der Waals surface area contributed by atoms with Crippen molar-refractivity contribution in [3.8, 4) is 0 Å². The molecule has 23 heavy (non-hydrogen) atoms. The highest BCUT2D eigenvalue weighted by atomic mass is 16.4. The molecule has 0 saturated heterocycles. The van der Waals surface area contributed by atoms with Crippen molar-refractivity contribution < 1.29 is 9.90 Å². The lowest BCUT2D eigenvalue weighted by Crippen LogP contribution is -2.03. The summed E-state index contributed by atoms with van der Waals surface area (Å²) in [5.74, 6) is -0.428. The van der Waals surface area contributed by atoms with Crippen LogP contribution in [-0.2, 0) is 0 Å². The highest BCUT2D eigenvalue weighted by molar-refractivity contribution is 6.11. The number of aryl methyl sites for hydroxylation is 1. The number of hydrogen-bond acceptors (Lipinski definition) is 2. The number of hydrogen-bond donors (Lipinski definition) is 2. The highest BCUT2D eigenvalue weighted by Crippen LogP contribution is 2.34. The first-order chi connectivity index (χ1) is 11.1. The number of aromatic nitrogens is 2. The molecule has 1 aromatic carbocycles. The Hall–Kier alpha value is -2.62. The first-order valence-electron chi connectivity index (χ1n) is 7.94. The summed E-state index contributed by atoms with van der Waals surface area (Å²) in [7, 11) is 0. The molecular weight excluding hydrogens is 288 g/mol. The lowest BCUT2D eigenvalue weighted by molar-refractivity contribution is 0.0690. The van der Waals surface area contributed by atoms with Crippen LogP contribution in [-0.4, -0.2) is 21.0 Å². The van der Waals surface area contributed by atoms with Crippen molar-refractivity contribution >= 4 is 27.8 Å². The quantitative estimate of drug-likeness (QED) is 0.683. The number of carbonyl (C=O) groups is 1. The van der Waals surface area contributed by atoms with E-state index in [1.54, 1.807) is 6.20 Å². The van der Waals surface area contributed by atoms with Crippen LogP contribution < -0.4 is 0 Å². The Bertz CT molecular complexity index is 953. The molecule has 0 saturated carbocycles. The zero-order chi connectivity index (χ0) is 16.0. The lowest BCUT2D eigenvalue weighted by atomic mass is 9.87. The van der Waals surface area contributed by atoms with Crippen molar-refractivity contribution in [2.45, 2.75) is 32.1 Å². The van der Waals surface area contributed by atoms with Gasteiger partial charge in [-0.3, -0.25) is 0 Å². The number of aromatic carboxylic acids is 1. The summed E-state index contributed by atoms with van der Waals surface area (Å²) in [5.41, 5.74) is 4.10. The zero-order valence-electron chi connectivity index (χ0n) is 13.0. The number of rotatable bonds is 2. The molecule has 2 N–H and O–H groups in total. The van der Waals surface area contributed by atoms with Gasteiger partial charge < -0.3 is 10.1 Å². The number of aromatic amines is 1. The molecular formula is C19H18N2O2. The number of allylic oxidation sites excluding steroid dienone is 2. The van der Waals surface area contributed by atoms with Gasteiger partial charge in [-0.05, 0) is 55.4 Å². The lowest BCUT2D eigenvalue weighted by Gasteiger charge is -2.18. The van der Waals surface area contributed by atoms with Gasteiger partial charge in [0, 0.05) is 16.3 Å². The van der Waals surface area contributed by atoms with Gasteiger partial charge in [0.1, 0.15) is 0 Å². The first-order valence-corrected chi connectivity index (χ1v) is 7.94. The van der Waals surface area contributed by atoms with Crippen molar-refractivity contribution in [1.29, 1.82) is 0 Å². The molecule has 2 heterocycles. The predicted octanol–water partition coefficient (Wildman–Crippen LogP) is 4.55. The molecule has 0 amide bonds. The molecule has 4 heteroatoms. The van der Waals surface area contributed by atoms with Crippen molar-refractivity contribution in [1.82, 2.24) is 9.97 Å². The van der Waals surface area contributed by atoms with Gasteiger partial charge in [-0.2, -0.15) is 0 Å². The SMILES string of the molecule is Cc1c(C(=O)O)ncc2[nH]c3ccc(C4CC=CCC4)cc3c12. The number of nitrogens with zero attached hydrogens (tertiary/aromatic N) is 1. The maximum atomic E-state index is 11.4. The summed E-state index contributed by atoms with van der Waals surface area (Å²) >= 11 is 0. The summed E-state index contributed by atoms with van der Waals surface area (Å²) in [6.45, 7) is 1.84. The minimum atomic E-state index is -0.979. The van der Waals surface area contributed by atoms with Gasteiger partial charge in [0.2, 0.25) is 0 Å². The van der Waals surface area contributed by atoms with Crippen molar-refractivity contribution in [3.05, 3.63) is 53.4 Å². The van der Waals surface area contributed by atoms with Crippen LogP contribution in [0.5, 0.6) is 0 Å². The van der Waals surface area contributed by atoms with Crippen LogP contribution >= 0.6 is 0 Å². The minimum Gasteiger partial charge on any atom is -0.477 e. The van der Waals surface area contributed by atoms with Crippen LogP contribution in [0.25, 0.3) is 21.8 Å². The fourth-order valence-corrected chi connectivity index (χ4v) is 3.64. The summed E-state index contributed by atoms with van der Waals surface area (Å²) in [5, 5.41) is 11.4. The van der Waals surface area contributed by atoms with Crippen LogP contribution in [0.3, 0.4) is 0 Å². The number of fused-ring (bicyclic) bond motifs is 3. The van der Waals surface area contributed by atoms with E-state index in [0.29, 0.717) is 5.92 Å². The Labute approximate surface area is 133 Å². The topological polar surface area (TPSA) is 66.0 Å². The normalized spacial score (nSPS) is 17.9. The van der Waals surface area contributed by atoms with Gasteiger partial charge in [-0.25, -0.2) is 9.78 Å². The number of benzene rings is 1. The van der Waals surface area contributed by atoms with E-state index < -0.39 is 5.97 Å². The molecule has 0 fully saturated rings. The highest BCUT2D eigenvalue weighted by Gasteiger charge is 2.17. The number of carboxylic acids is 1. The zero-order valence-corrected chi connectivity index (χ0v) is 13.0. The van der Waals surface area contributed by atoms with Gasteiger partial charge in [0.15, 0.2) is 5.69 Å². The molecule has 1 atom stereocenters. The number of H-pyrrole nitrogens is 1. The van der Waals surface area contributed by atoms with E-state index in [0.717, 1.165) is 40.2 Å². The minimum absolute atomic E-state index is 0.129. The van der Waals surface area contributed by atoms with Crippen molar-refractivity contribution in [2.24, 2.45) is 0 Å². The van der Waals surface area contributed by atoms with Crippen LogP contribution in [0.1, 0.15) is 46.8 Å². The summed E-state index contributed by atoms with van der Waals surface area (Å²) < 4.78 is 0. The standard InChI is InChI=1S/C19H18N2O2/c1-11-17-14-9-13(12-5-3-2-4-6-12)7-8-15(14)21-16(17)10-20-18(11)19(22)23/h2-3,7-10,12,21H,4-6H2,1H3,(H,22,23). The maximum absolute atomic E-state index is 11.4. The molecule has 4 nitrogen and oxygen atoms in total. The van der Waals surface area contributed by atoms with Gasteiger partial charge in [-0.1, -0.05) is 18.2 Å². The monoisotopic (exact) mass is 306 g/mol. The third kappa shape index (κ3) is 2.22. The summed E-state index contributed by atoms with van der Waals surface area (Å²) in [6, 6.07) is 6.50. The number of nitrogens with one attached hydrogen (secondary N) is 1. The Morgan fingerprint density at radius 2 is 2.17 bits per heavy atom. The summed E-state index contributed by atoms with van der Waals surface area (Å²) in [4.78, 5) is 18.8. The molecule has 4 rings (SSSR count). The Kier molecular flexibility index (Phi) is 3.18. The van der Waals surface area contributed by atoms with Crippen LogP contribution in [0.2, 0.25) is 0 Å². The average molecular weight is 306 g/mol. The fraction of sp³-hybridized carbons (Fsp3) is 0.263. The second kappa shape index (κ2) is 5.23. The largest absolute Gasteiger partial charge is 0.477 e. The number of carboxylic acid groups (broad SMARTS) is 1. The third-order valence-electron chi connectivity index (χ3n) is 4.85. The molecule has 116 valence electrons. The van der Waals surface area contributed by atoms with Gasteiger partial charge in [0.25, 0.3) is 0 Å². The molecule has 2 aromatic heterocycles. The van der Waals surface area contributed by atoms with Crippen LogP contribution in [0, 0.1) is 6.92 Å². The van der Waals surface area contributed by atoms with Crippen LogP contribution in [0.4, 0.5) is 0 Å².